The molecule has 0 aliphatic heterocycles. The molecule has 0 saturated heterocycles. The van der Waals surface area contributed by atoms with Crippen molar-refractivity contribution >= 4 is 0 Å². The second-order valence-corrected chi connectivity index (χ2v) is 4.60. The number of hydrogen-bond donors (Lipinski definition) is 2. The van der Waals surface area contributed by atoms with Gasteiger partial charge in [-0.2, -0.15) is 0 Å². The number of aliphatic hydroxyl groups is 1. The lowest BCUT2D eigenvalue weighted by molar-refractivity contribution is 0.144. The summed E-state index contributed by atoms with van der Waals surface area (Å²) in [6, 6.07) is 7.52. The molecule has 4 nitrogen and oxygen atoms in total. The van der Waals surface area contributed by atoms with E-state index in [1.54, 1.807) is 7.11 Å². The molecular formula is C15H25NO3. The van der Waals surface area contributed by atoms with Crippen molar-refractivity contribution in [2.45, 2.75) is 32.2 Å². The van der Waals surface area contributed by atoms with E-state index in [4.69, 9.17) is 9.47 Å². The Labute approximate surface area is 115 Å². The van der Waals surface area contributed by atoms with Crippen LogP contribution in [-0.4, -0.2) is 37.5 Å². The average molecular weight is 267 g/mol. The Morgan fingerprint density at radius 2 is 1.68 bits per heavy atom. The zero-order chi connectivity index (χ0) is 14.1. The molecule has 0 aliphatic carbocycles. The van der Waals surface area contributed by atoms with E-state index in [-0.39, 0.29) is 12.1 Å². The Morgan fingerprint density at radius 1 is 1.11 bits per heavy atom. The zero-order valence-electron chi connectivity index (χ0n) is 12.1. The third kappa shape index (κ3) is 4.73. The van der Waals surface area contributed by atoms with Crippen molar-refractivity contribution in [2.75, 3.05) is 26.9 Å². The summed E-state index contributed by atoms with van der Waals surface area (Å²) in [6.07, 6.45) is 1.81. The summed E-state index contributed by atoms with van der Waals surface area (Å²) in [5.74, 6) is 1.65. The Bertz CT molecular complexity index is 339. The topological polar surface area (TPSA) is 50.7 Å². The van der Waals surface area contributed by atoms with Crippen LogP contribution >= 0.6 is 0 Å². The van der Waals surface area contributed by atoms with E-state index in [2.05, 4.69) is 19.2 Å². The normalized spacial score (nSPS) is 11.4. The number of nitrogens with one attached hydrogen (secondary N) is 1. The molecule has 0 radical (unpaired) electrons. The number of aliphatic hydroxyl groups excluding tert-OH is 1. The quantitative estimate of drug-likeness (QED) is 0.674. The van der Waals surface area contributed by atoms with Crippen LogP contribution in [0.4, 0.5) is 0 Å². The first-order valence-electron chi connectivity index (χ1n) is 6.82. The maximum absolute atomic E-state index is 9.43. The van der Waals surface area contributed by atoms with Crippen LogP contribution in [0.5, 0.6) is 11.5 Å². The van der Waals surface area contributed by atoms with Crippen LogP contribution in [0.15, 0.2) is 24.3 Å². The molecule has 1 aromatic rings. The predicted octanol–water partition coefficient (Wildman–Crippen LogP) is 2.21. The van der Waals surface area contributed by atoms with Crippen molar-refractivity contribution in [3.05, 3.63) is 24.3 Å². The molecule has 0 spiro atoms. The summed E-state index contributed by atoms with van der Waals surface area (Å²) in [5.41, 5.74) is -0.177. The summed E-state index contributed by atoms with van der Waals surface area (Å²) in [5, 5.41) is 12.8. The molecule has 0 bridgehead atoms. The molecule has 0 aromatic heterocycles. The molecule has 0 saturated carbocycles. The van der Waals surface area contributed by atoms with Crippen molar-refractivity contribution in [2.24, 2.45) is 0 Å². The van der Waals surface area contributed by atoms with Gasteiger partial charge in [0.15, 0.2) is 0 Å². The highest BCUT2D eigenvalue weighted by Crippen LogP contribution is 2.17. The van der Waals surface area contributed by atoms with E-state index in [9.17, 15) is 5.11 Å². The lowest BCUT2D eigenvalue weighted by atomic mass is 9.94. The highest BCUT2D eigenvalue weighted by molar-refractivity contribution is 5.31. The number of methoxy groups -OCH3 is 1. The molecule has 0 atom stereocenters. The highest BCUT2D eigenvalue weighted by Gasteiger charge is 2.23. The van der Waals surface area contributed by atoms with Gasteiger partial charge < -0.3 is 19.9 Å². The van der Waals surface area contributed by atoms with Gasteiger partial charge in [-0.05, 0) is 37.1 Å². The number of benzene rings is 1. The third-order valence-corrected chi connectivity index (χ3v) is 3.59. The first-order chi connectivity index (χ1) is 9.19. The van der Waals surface area contributed by atoms with Crippen LogP contribution in [0.3, 0.4) is 0 Å². The molecule has 0 amide bonds. The maximum Gasteiger partial charge on any atom is 0.119 e. The van der Waals surface area contributed by atoms with E-state index in [0.717, 1.165) is 24.3 Å². The van der Waals surface area contributed by atoms with Gasteiger partial charge in [0, 0.05) is 12.1 Å². The Morgan fingerprint density at radius 3 is 2.16 bits per heavy atom. The van der Waals surface area contributed by atoms with Crippen molar-refractivity contribution in [3.63, 3.8) is 0 Å². The van der Waals surface area contributed by atoms with Crippen molar-refractivity contribution in [3.8, 4) is 11.5 Å². The largest absolute Gasteiger partial charge is 0.497 e. The minimum absolute atomic E-state index is 0.155. The van der Waals surface area contributed by atoms with E-state index in [1.807, 2.05) is 24.3 Å². The van der Waals surface area contributed by atoms with Gasteiger partial charge in [-0.3, -0.25) is 0 Å². The van der Waals surface area contributed by atoms with Gasteiger partial charge in [0.1, 0.15) is 18.1 Å². The molecule has 1 rings (SSSR count). The second-order valence-electron chi connectivity index (χ2n) is 4.60. The highest BCUT2D eigenvalue weighted by atomic mass is 16.5. The molecule has 1 aromatic carbocycles. The van der Waals surface area contributed by atoms with Crippen LogP contribution in [0.25, 0.3) is 0 Å². The minimum atomic E-state index is -0.177. The molecule has 0 fully saturated rings. The Balaban J connectivity index is 2.33. The van der Waals surface area contributed by atoms with E-state index < -0.39 is 0 Å². The lowest BCUT2D eigenvalue weighted by Crippen LogP contribution is -2.48. The van der Waals surface area contributed by atoms with E-state index >= 15 is 0 Å². The summed E-state index contributed by atoms with van der Waals surface area (Å²) < 4.78 is 10.7. The van der Waals surface area contributed by atoms with Gasteiger partial charge in [0.25, 0.3) is 0 Å². The van der Waals surface area contributed by atoms with Gasteiger partial charge in [0.2, 0.25) is 0 Å². The summed E-state index contributed by atoms with van der Waals surface area (Å²) in [4.78, 5) is 0. The first kappa shape index (κ1) is 15.8. The van der Waals surface area contributed by atoms with Crippen molar-refractivity contribution in [1.29, 1.82) is 0 Å². The smallest absolute Gasteiger partial charge is 0.119 e. The molecule has 0 aliphatic rings. The monoisotopic (exact) mass is 267 g/mol. The van der Waals surface area contributed by atoms with Crippen LogP contribution in [-0.2, 0) is 0 Å². The lowest BCUT2D eigenvalue weighted by Gasteiger charge is -2.30. The standard InChI is InChI=1S/C15H25NO3/c1-4-15(5-2,12-17)16-10-11-19-14-8-6-13(18-3)7-9-14/h6-9,16-17H,4-5,10-12H2,1-3H3. The van der Waals surface area contributed by atoms with Gasteiger partial charge in [-0.25, -0.2) is 0 Å². The van der Waals surface area contributed by atoms with Crippen LogP contribution < -0.4 is 14.8 Å². The molecule has 2 N–H and O–H groups in total. The fraction of sp³-hybridized carbons (Fsp3) is 0.600. The van der Waals surface area contributed by atoms with Gasteiger partial charge in [0.05, 0.1) is 13.7 Å². The SMILES string of the molecule is CCC(CC)(CO)NCCOc1ccc(OC)cc1. The van der Waals surface area contributed by atoms with Crippen LogP contribution in [0.1, 0.15) is 26.7 Å². The number of rotatable bonds is 9. The Hall–Kier alpha value is -1.26. The maximum atomic E-state index is 9.43. The number of hydrogen-bond acceptors (Lipinski definition) is 4. The summed E-state index contributed by atoms with van der Waals surface area (Å²) >= 11 is 0. The summed E-state index contributed by atoms with van der Waals surface area (Å²) in [7, 11) is 1.64. The van der Waals surface area contributed by atoms with Crippen LogP contribution in [0.2, 0.25) is 0 Å². The van der Waals surface area contributed by atoms with Crippen molar-refractivity contribution in [1.82, 2.24) is 5.32 Å². The molecule has 0 unspecified atom stereocenters. The molecule has 0 heterocycles. The third-order valence-electron chi connectivity index (χ3n) is 3.59. The van der Waals surface area contributed by atoms with Gasteiger partial charge >= 0.3 is 0 Å². The molecule has 19 heavy (non-hydrogen) atoms. The van der Waals surface area contributed by atoms with Crippen molar-refractivity contribution < 1.29 is 14.6 Å². The molecular weight excluding hydrogens is 242 g/mol. The average Bonchev–Trinajstić information content (AvgIpc) is 2.49. The van der Waals surface area contributed by atoms with E-state index in [0.29, 0.717) is 13.2 Å². The number of ether oxygens (including phenoxy) is 2. The molecule has 4 heteroatoms. The minimum Gasteiger partial charge on any atom is -0.497 e. The predicted molar refractivity (Wildman–Crippen MR) is 76.9 cm³/mol. The van der Waals surface area contributed by atoms with Gasteiger partial charge in [-0.15, -0.1) is 0 Å². The Kier molecular flexibility index (Phi) is 6.67. The molecule has 108 valence electrons. The first-order valence-corrected chi connectivity index (χ1v) is 6.82. The zero-order valence-corrected chi connectivity index (χ0v) is 12.1. The second kappa shape index (κ2) is 8.02. The fourth-order valence-electron chi connectivity index (χ4n) is 1.94. The summed E-state index contributed by atoms with van der Waals surface area (Å²) in [6.45, 7) is 5.61. The van der Waals surface area contributed by atoms with E-state index in [1.165, 1.54) is 0 Å². The fourth-order valence-corrected chi connectivity index (χ4v) is 1.94. The van der Waals surface area contributed by atoms with Crippen LogP contribution in [0, 0.1) is 0 Å². The van der Waals surface area contributed by atoms with Gasteiger partial charge in [-0.1, -0.05) is 13.8 Å².